The number of fused-ring (bicyclic) bond motifs is 9. The Kier molecular flexibility index (Phi) is 5.96. The van der Waals surface area contributed by atoms with Crippen molar-refractivity contribution < 1.29 is 4.42 Å². The van der Waals surface area contributed by atoms with Crippen LogP contribution in [-0.2, 0) is 0 Å². The Hall–Kier alpha value is -6.84. The van der Waals surface area contributed by atoms with Gasteiger partial charge >= 0.3 is 0 Å². The highest BCUT2D eigenvalue weighted by Crippen LogP contribution is 2.40. The van der Waals surface area contributed by atoms with Gasteiger partial charge in [0.05, 0.1) is 22.1 Å². The molecule has 0 saturated carbocycles. The summed E-state index contributed by atoms with van der Waals surface area (Å²) in [5.41, 5.74) is 13.5. The van der Waals surface area contributed by atoms with Crippen molar-refractivity contribution in [2.45, 2.75) is 0 Å². The number of para-hydroxylation sites is 5. The topological polar surface area (TPSA) is 23.0 Å². The van der Waals surface area contributed by atoms with E-state index >= 15 is 0 Å². The molecule has 0 unspecified atom stereocenters. The van der Waals surface area contributed by atoms with Crippen LogP contribution in [0, 0.1) is 0 Å². The van der Waals surface area contributed by atoms with Crippen molar-refractivity contribution in [3.63, 3.8) is 0 Å². The molecule has 51 heavy (non-hydrogen) atoms. The number of hydrogen-bond donors (Lipinski definition) is 0. The van der Waals surface area contributed by atoms with Crippen LogP contribution in [0.2, 0.25) is 0 Å². The molecule has 0 spiro atoms. The highest BCUT2D eigenvalue weighted by atomic mass is 16.3. The third kappa shape index (κ3) is 4.19. The average molecular weight is 651 g/mol. The lowest BCUT2D eigenvalue weighted by Crippen LogP contribution is -1.95. The third-order valence-corrected chi connectivity index (χ3v) is 10.5. The first-order valence-electron chi connectivity index (χ1n) is 17.4. The van der Waals surface area contributed by atoms with E-state index in [0.717, 1.165) is 38.8 Å². The molecule has 3 heteroatoms. The van der Waals surface area contributed by atoms with Crippen molar-refractivity contribution in [3.05, 3.63) is 182 Å². The molecular formula is C48H30N2O. The molecule has 0 aliphatic carbocycles. The summed E-state index contributed by atoms with van der Waals surface area (Å²) in [7, 11) is 0. The molecule has 11 aromatic rings. The van der Waals surface area contributed by atoms with Gasteiger partial charge in [0, 0.05) is 49.3 Å². The van der Waals surface area contributed by atoms with Gasteiger partial charge in [-0.05, 0) is 77.4 Å². The van der Waals surface area contributed by atoms with Gasteiger partial charge in [0.25, 0.3) is 0 Å². The van der Waals surface area contributed by atoms with Gasteiger partial charge in [0.15, 0.2) is 0 Å². The Bertz CT molecular complexity index is 3140. The standard InChI is InChI=1S/C48H30N2O/c1-2-13-34(14-3-1)49-44-22-8-5-17-38(44)42-29-31(25-27-45(42)49)32-24-26-39-37-16-4-7-21-43(37)50(46(39)30-32)35-15-10-12-33(28-35)36-19-11-20-41-40-18-6-9-23-47(40)51-48(36)41/h1-30H. The molecule has 0 aliphatic rings. The molecule has 0 amide bonds. The van der Waals surface area contributed by atoms with Crippen LogP contribution in [-0.4, -0.2) is 9.13 Å². The fourth-order valence-electron chi connectivity index (χ4n) is 8.22. The lowest BCUT2D eigenvalue weighted by atomic mass is 10.0. The molecule has 0 atom stereocenters. The third-order valence-electron chi connectivity index (χ3n) is 10.5. The Morgan fingerprint density at radius 2 is 0.902 bits per heavy atom. The molecule has 0 fully saturated rings. The molecular weight excluding hydrogens is 621 g/mol. The van der Waals surface area contributed by atoms with Crippen molar-refractivity contribution in [3.8, 4) is 33.6 Å². The minimum Gasteiger partial charge on any atom is -0.455 e. The van der Waals surface area contributed by atoms with Crippen LogP contribution in [0.25, 0.3) is 99.2 Å². The monoisotopic (exact) mass is 650 g/mol. The molecule has 8 aromatic carbocycles. The van der Waals surface area contributed by atoms with Crippen LogP contribution in [0.15, 0.2) is 186 Å². The Labute approximate surface area is 293 Å². The van der Waals surface area contributed by atoms with Crippen LogP contribution in [0.3, 0.4) is 0 Å². The second-order valence-electron chi connectivity index (χ2n) is 13.3. The lowest BCUT2D eigenvalue weighted by molar-refractivity contribution is 0.670. The minimum absolute atomic E-state index is 0.911. The fourth-order valence-corrected chi connectivity index (χ4v) is 8.22. The Balaban J connectivity index is 1.10. The van der Waals surface area contributed by atoms with E-state index in [2.05, 4.69) is 179 Å². The largest absolute Gasteiger partial charge is 0.455 e. The summed E-state index contributed by atoms with van der Waals surface area (Å²) in [6.07, 6.45) is 0. The van der Waals surface area contributed by atoms with E-state index in [0.29, 0.717) is 0 Å². The second kappa shape index (κ2) is 10.8. The summed E-state index contributed by atoms with van der Waals surface area (Å²) in [5, 5.41) is 7.26. The first kappa shape index (κ1) is 28.0. The molecule has 0 bridgehead atoms. The summed E-state index contributed by atoms with van der Waals surface area (Å²) >= 11 is 0. The van der Waals surface area contributed by atoms with Crippen LogP contribution in [0.1, 0.15) is 0 Å². The van der Waals surface area contributed by atoms with E-state index in [1.807, 2.05) is 12.1 Å². The molecule has 0 N–H and O–H groups in total. The van der Waals surface area contributed by atoms with Crippen molar-refractivity contribution in [2.24, 2.45) is 0 Å². The number of furan rings is 1. The fraction of sp³-hybridized carbons (Fsp3) is 0. The van der Waals surface area contributed by atoms with Crippen LogP contribution >= 0.6 is 0 Å². The average Bonchev–Trinajstić information content (AvgIpc) is 3.85. The molecule has 0 radical (unpaired) electrons. The number of nitrogens with zero attached hydrogens (tertiary/aromatic N) is 2. The van der Waals surface area contributed by atoms with E-state index in [9.17, 15) is 0 Å². The van der Waals surface area contributed by atoms with E-state index in [4.69, 9.17) is 4.42 Å². The van der Waals surface area contributed by atoms with Gasteiger partial charge in [-0.25, -0.2) is 0 Å². The maximum atomic E-state index is 6.45. The van der Waals surface area contributed by atoms with E-state index in [1.54, 1.807) is 0 Å². The number of aromatic nitrogens is 2. The molecule has 3 heterocycles. The van der Waals surface area contributed by atoms with Crippen LogP contribution in [0.4, 0.5) is 0 Å². The maximum absolute atomic E-state index is 6.45. The van der Waals surface area contributed by atoms with Gasteiger partial charge in [-0.15, -0.1) is 0 Å². The zero-order valence-corrected chi connectivity index (χ0v) is 27.6. The number of rotatable bonds is 4. The molecule has 3 aromatic heterocycles. The molecule has 0 aliphatic heterocycles. The zero-order chi connectivity index (χ0) is 33.5. The predicted molar refractivity (Wildman–Crippen MR) is 213 cm³/mol. The van der Waals surface area contributed by atoms with Gasteiger partial charge in [0.1, 0.15) is 11.2 Å². The molecule has 238 valence electrons. The minimum atomic E-state index is 0.911. The summed E-state index contributed by atoms with van der Waals surface area (Å²) in [6.45, 7) is 0. The SMILES string of the molecule is c1ccc(-n2c3ccccc3c3cc(-c4ccc5c6ccccc6n(-c6cccc(-c7cccc8c7oc7ccccc78)c6)c5c4)ccc32)cc1. The van der Waals surface area contributed by atoms with Crippen molar-refractivity contribution >= 4 is 65.6 Å². The first-order chi connectivity index (χ1) is 25.3. The molecule has 0 saturated heterocycles. The van der Waals surface area contributed by atoms with E-state index in [1.165, 1.54) is 60.4 Å². The molecule has 11 rings (SSSR count). The summed E-state index contributed by atoms with van der Waals surface area (Å²) in [5.74, 6) is 0. The van der Waals surface area contributed by atoms with E-state index < -0.39 is 0 Å². The number of benzene rings is 8. The van der Waals surface area contributed by atoms with Crippen LogP contribution in [0.5, 0.6) is 0 Å². The van der Waals surface area contributed by atoms with Crippen molar-refractivity contribution in [1.82, 2.24) is 9.13 Å². The van der Waals surface area contributed by atoms with Crippen LogP contribution < -0.4 is 0 Å². The number of hydrogen-bond acceptors (Lipinski definition) is 1. The smallest absolute Gasteiger partial charge is 0.143 e. The summed E-state index contributed by atoms with van der Waals surface area (Å²) < 4.78 is 11.2. The van der Waals surface area contributed by atoms with Gasteiger partial charge in [-0.1, -0.05) is 121 Å². The van der Waals surface area contributed by atoms with Gasteiger partial charge < -0.3 is 13.6 Å². The van der Waals surface area contributed by atoms with Gasteiger partial charge in [-0.2, -0.15) is 0 Å². The normalized spacial score (nSPS) is 11.9. The van der Waals surface area contributed by atoms with Crippen molar-refractivity contribution in [1.29, 1.82) is 0 Å². The highest BCUT2D eigenvalue weighted by Gasteiger charge is 2.17. The highest BCUT2D eigenvalue weighted by molar-refractivity contribution is 6.13. The van der Waals surface area contributed by atoms with E-state index in [-0.39, 0.29) is 0 Å². The second-order valence-corrected chi connectivity index (χ2v) is 13.3. The summed E-state index contributed by atoms with van der Waals surface area (Å²) in [4.78, 5) is 0. The lowest BCUT2D eigenvalue weighted by Gasteiger charge is -2.12. The Morgan fingerprint density at radius 3 is 1.75 bits per heavy atom. The first-order valence-corrected chi connectivity index (χ1v) is 17.4. The zero-order valence-electron chi connectivity index (χ0n) is 27.6. The predicted octanol–water partition coefficient (Wildman–Crippen LogP) is 13.1. The molecule has 3 nitrogen and oxygen atoms in total. The van der Waals surface area contributed by atoms with Gasteiger partial charge in [0.2, 0.25) is 0 Å². The van der Waals surface area contributed by atoms with Gasteiger partial charge in [-0.3, -0.25) is 0 Å². The summed E-state index contributed by atoms with van der Waals surface area (Å²) in [6, 6.07) is 65.5. The Morgan fingerprint density at radius 1 is 0.314 bits per heavy atom. The van der Waals surface area contributed by atoms with Crippen molar-refractivity contribution in [2.75, 3.05) is 0 Å². The maximum Gasteiger partial charge on any atom is 0.143 e. The quantitative estimate of drug-likeness (QED) is 0.186.